The van der Waals surface area contributed by atoms with Crippen molar-refractivity contribution in [3.05, 3.63) is 72.7 Å². The molecule has 0 bridgehead atoms. The van der Waals surface area contributed by atoms with E-state index in [-0.39, 0.29) is 12.5 Å². The highest BCUT2D eigenvalue weighted by molar-refractivity contribution is 5.77. The van der Waals surface area contributed by atoms with Crippen molar-refractivity contribution in [1.29, 1.82) is 0 Å². The fraction of sp³-hybridized carbons (Fsp3) is 0.150. The number of benzene rings is 1. The van der Waals surface area contributed by atoms with Gasteiger partial charge in [-0.3, -0.25) is 14.8 Å². The van der Waals surface area contributed by atoms with Gasteiger partial charge in [-0.25, -0.2) is 0 Å². The second-order valence-corrected chi connectivity index (χ2v) is 5.53. The number of methoxy groups -OCH3 is 1. The van der Waals surface area contributed by atoms with Crippen molar-refractivity contribution < 1.29 is 14.3 Å². The zero-order valence-corrected chi connectivity index (χ0v) is 14.4. The van der Waals surface area contributed by atoms with Gasteiger partial charge in [0.05, 0.1) is 12.8 Å². The van der Waals surface area contributed by atoms with Crippen molar-refractivity contribution >= 4 is 5.91 Å². The number of carbonyl (C=O) groups excluding carboxylic acids is 1. The molecule has 0 saturated carbocycles. The molecule has 1 aromatic carbocycles. The summed E-state index contributed by atoms with van der Waals surface area (Å²) in [6.07, 6.45) is 5.17. The zero-order chi connectivity index (χ0) is 18.2. The van der Waals surface area contributed by atoms with Crippen LogP contribution in [0, 0.1) is 0 Å². The van der Waals surface area contributed by atoms with E-state index in [0.717, 1.165) is 16.8 Å². The largest absolute Gasteiger partial charge is 0.497 e. The highest BCUT2D eigenvalue weighted by Gasteiger charge is 2.05. The van der Waals surface area contributed by atoms with E-state index < -0.39 is 0 Å². The average Bonchev–Trinajstić information content (AvgIpc) is 2.72. The predicted octanol–water partition coefficient (Wildman–Crippen LogP) is 2.85. The smallest absolute Gasteiger partial charge is 0.258 e. The first-order chi connectivity index (χ1) is 12.7. The molecule has 132 valence electrons. The summed E-state index contributed by atoms with van der Waals surface area (Å²) in [6, 6.07) is 14.7. The van der Waals surface area contributed by atoms with Crippen LogP contribution in [0.5, 0.6) is 11.5 Å². The molecule has 0 unspecified atom stereocenters. The molecule has 3 rings (SSSR count). The Bertz CT molecular complexity index is 869. The van der Waals surface area contributed by atoms with Gasteiger partial charge in [0.15, 0.2) is 6.61 Å². The molecule has 1 N–H and O–H groups in total. The van der Waals surface area contributed by atoms with Crippen LogP contribution in [0.15, 0.2) is 67.1 Å². The molecule has 3 aromatic rings. The summed E-state index contributed by atoms with van der Waals surface area (Å²) >= 11 is 0. The molecule has 0 aliphatic heterocycles. The van der Waals surface area contributed by atoms with Crippen LogP contribution in [0.2, 0.25) is 0 Å². The van der Waals surface area contributed by atoms with Gasteiger partial charge in [0, 0.05) is 36.8 Å². The normalized spacial score (nSPS) is 10.2. The highest BCUT2D eigenvalue weighted by atomic mass is 16.5. The van der Waals surface area contributed by atoms with E-state index in [1.54, 1.807) is 37.8 Å². The van der Waals surface area contributed by atoms with Crippen LogP contribution in [-0.4, -0.2) is 29.6 Å². The van der Waals surface area contributed by atoms with Crippen molar-refractivity contribution in [3.63, 3.8) is 0 Å². The van der Waals surface area contributed by atoms with E-state index >= 15 is 0 Å². The quantitative estimate of drug-likeness (QED) is 0.710. The zero-order valence-electron chi connectivity index (χ0n) is 14.4. The lowest BCUT2D eigenvalue weighted by Gasteiger charge is -2.09. The number of nitrogens with one attached hydrogen (secondary N) is 1. The van der Waals surface area contributed by atoms with Gasteiger partial charge in [0.1, 0.15) is 11.5 Å². The Morgan fingerprint density at radius 2 is 1.85 bits per heavy atom. The van der Waals surface area contributed by atoms with E-state index in [4.69, 9.17) is 9.47 Å². The van der Waals surface area contributed by atoms with Crippen LogP contribution in [0.3, 0.4) is 0 Å². The Labute approximate surface area is 151 Å². The first-order valence-corrected chi connectivity index (χ1v) is 8.13. The number of carbonyl (C=O) groups is 1. The molecule has 0 atom stereocenters. The van der Waals surface area contributed by atoms with Crippen molar-refractivity contribution in [2.24, 2.45) is 0 Å². The Balaban J connectivity index is 1.53. The number of aromatic nitrogens is 2. The van der Waals surface area contributed by atoms with Gasteiger partial charge < -0.3 is 14.8 Å². The first kappa shape index (κ1) is 17.4. The maximum Gasteiger partial charge on any atom is 0.258 e. The van der Waals surface area contributed by atoms with Crippen LogP contribution in [0.25, 0.3) is 11.3 Å². The lowest BCUT2D eigenvalue weighted by atomic mass is 10.1. The van der Waals surface area contributed by atoms with E-state index in [0.29, 0.717) is 18.0 Å². The summed E-state index contributed by atoms with van der Waals surface area (Å²) in [5, 5.41) is 2.84. The maximum absolute atomic E-state index is 12.0. The van der Waals surface area contributed by atoms with Gasteiger partial charge in [-0.05, 0) is 42.0 Å². The summed E-state index contributed by atoms with van der Waals surface area (Å²) < 4.78 is 10.6. The van der Waals surface area contributed by atoms with Crippen LogP contribution in [0.4, 0.5) is 0 Å². The fourth-order valence-electron chi connectivity index (χ4n) is 2.36. The Hall–Kier alpha value is -3.41. The third kappa shape index (κ3) is 4.80. The van der Waals surface area contributed by atoms with Crippen LogP contribution in [-0.2, 0) is 11.3 Å². The van der Waals surface area contributed by atoms with Crippen LogP contribution < -0.4 is 14.8 Å². The maximum atomic E-state index is 12.0. The topological polar surface area (TPSA) is 73.3 Å². The Kier molecular flexibility index (Phi) is 5.77. The van der Waals surface area contributed by atoms with Gasteiger partial charge in [-0.1, -0.05) is 6.07 Å². The van der Waals surface area contributed by atoms with Crippen molar-refractivity contribution in [2.75, 3.05) is 13.7 Å². The second-order valence-electron chi connectivity index (χ2n) is 5.53. The second kappa shape index (κ2) is 8.62. The third-order valence-corrected chi connectivity index (χ3v) is 3.70. The molecule has 0 aliphatic carbocycles. The van der Waals surface area contributed by atoms with Crippen LogP contribution >= 0.6 is 0 Å². The molecule has 0 radical (unpaired) electrons. The van der Waals surface area contributed by atoms with Gasteiger partial charge in [-0.2, -0.15) is 0 Å². The minimum absolute atomic E-state index is 0.0601. The van der Waals surface area contributed by atoms with Gasteiger partial charge in [-0.15, -0.1) is 0 Å². The third-order valence-electron chi connectivity index (χ3n) is 3.70. The minimum atomic E-state index is -0.199. The highest BCUT2D eigenvalue weighted by Crippen LogP contribution is 2.19. The molecular formula is C20H19N3O3. The van der Waals surface area contributed by atoms with E-state index in [2.05, 4.69) is 15.3 Å². The number of hydrogen-bond donors (Lipinski definition) is 1. The van der Waals surface area contributed by atoms with Crippen LogP contribution in [0.1, 0.15) is 5.56 Å². The number of hydrogen-bond acceptors (Lipinski definition) is 5. The Morgan fingerprint density at radius 3 is 2.65 bits per heavy atom. The molecule has 0 fully saturated rings. The lowest BCUT2D eigenvalue weighted by Crippen LogP contribution is -2.28. The minimum Gasteiger partial charge on any atom is -0.497 e. The fourth-order valence-corrected chi connectivity index (χ4v) is 2.36. The number of nitrogens with zero attached hydrogens (tertiary/aromatic N) is 2. The standard InChI is InChI=1S/C20H19N3O3/c1-25-17-3-2-4-18(12-17)26-14-20(24)23-13-15-5-10-22-19(11-15)16-6-8-21-9-7-16/h2-12H,13-14H2,1H3,(H,23,24). The molecule has 6 heteroatoms. The van der Waals surface area contributed by atoms with E-state index in [9.17, 15) is 4.79 Å². The lowest BCUT2D eigenvalue weighted by molar-refractivity contribution is -0.123. The number of amides is 1. The van der Waals surface area contributed by atoms with Crippen molar-refractivity contribution in [2.45, 2.75) is 6.54 Å². The van der Waals surface area contributed by atoms with Gasteiger partial charge in [0.2, 0.25) is 0 Å². The summed E-state index contributed by atoms with van der Waals surface area (Å²) in [5.74, 6) is 1.07. The van der Waals surface area contributed by atoms with Gasteiger partial charge in [0.25, 0.3) is 5.91 Å². The van der Waals surface area contributed by atoms with Crippen molar-refractivity contribution in [1.82, 2.24) is 15.3 Å². The summed E-state index contributed by atoms with van der Waals surface area (Å²) in [5.41, 5.74) is 2.78. The first-order valence-electron chi connectivity index (χ1n) is 8.13. The molecule has 2 heterocycles. The molecule has 26 heavy (non-hydrogen) atoms. The molecule has 6 nitrogen and oxygen atoms in total. The van der Waals surface area contributed by atoms with E-state index in [1.807, 2.05) is 36.4 Å². The average molecular weight is 349 g/mol. The molecule has 2 aromatic heterocycles. The van der Waals surface area contributed by atoms with Crippen molar-refractivity contribution in [3.8, 4) is 22.8 Å². The number of ether oxygens (including phenoxy) is 2. The number of rotatable bonds is 7. The summed E-state index contributed by atoms with van der Waals surface area (Å²) in [7, 11) is 1.58. The summed E-state index contributed by atoms with van der Waals surface area (Å²) in [6.45, 7) is 0.344. The molecule has 0 aliphatic rings. The Morgan fingerprint density at radius 1 is 1.04 bits per heavy atom. The van der Waals surface area contributed by atoms with E-state index in [1.165, 1.54) is 0 Å². The molecular weight excluding hydrogens is 330 g/mol. The number of pyridine rings is 2. The molecule has 0 spiro atoms. The summed E-state index contributed by atoms with van der Waals surface area (Å²) in [4.78, 5) is 20.4. The monoisotopic (exact) mass is 349 g/mol. The van der Waals surface area contributed by atoms with Gasteiger partial charge >= 0.3 is 0 Å². The molecule has 0 saturated heterocycles. The SMILES string of the molecule is COc1cccc(OCC(=O)NCc2ccnc(-c3ccncc3)c2)c1. The predicted molar refractivity (Wildman–Crippen MR) is 97.8 cm³/mol. The molecule has 1 amide bonds.